The molecule has 1 amide bonds. The first kappa shape index (κ1) is 15.4. The standard InChI is InChI=1S/C21H26BrNO/c22-21-11-14-8-15(12-21)10-20(9-14,13-21)19(24)23-18-7-3-5-16-4-1-2-6-17(16)18/h1-2,4,6,14-15,18H,3,5,7-13H2,(H,23,24)/t14-,15+,18-,20?,21?/m0/s1. The quantitative estimate of drug-likeness (QED) is 0.717. The summed E-state index contributed by atoms with van der Waals surface area (Å²) in [5, 5.41) is 3.49. The summed E-state index contributed by atoms with van der Waals surface area (Å²) < 4.78 is 0.249. The van der Waals surface area contributed by atoms with E-state index in [1.807, 2.05) is 0 Å². The first-order valence-electron chi connectivity index (χ1n) is 9.63. The smallest absolute Gasteiger partial charge is 0.226 e. The number of alkyl halides is 1. The van der Waals surface area contributed by atoms with Gasteiger partial charge in [-0.1, -0.05) is 40.2 Å². The largest absolute Gasteiger partial charge is 0.349 e. The topological polar surface area (TPSA) is 29.1 Å². The first-order chi connectivity index (χ1) is 11.6. The predicted octanol–water partition coefficient (Wildman–Crippen LogP) is 4.91. The molecule has 4 bridgehead atoms. The Hall–Kier alpha value is -0.830. The van der Waals surface area contributed by atoms with E-state index in [0.717, 1.165) is 43.9 Å². The molecule has 5 aliphatic carbocycles. The van der Waals surface area contributed by atoms with Gasteiger partial charge >= 0.3 is 0 Å². The van der Waals surface area contributed by atoms with Gasteiger partial charge in [-0.2, -0.15) is 0 Å². The Bertz CT molecular complexity index is 670. The van der Waals surface area contributed by atoms with E-state index in [4.69, 9.17) is 0 Å². The molecular weight excluding hydrogens is 362 g/mol. The lowest BCUT2D eigenvalue weighted by Crippen LogP contribution is -2.58. The summed E-state index contributed by atoms with van der Waals surface area (Å²) in [4.78, 5) is 13.4. The molecule has 3 heteroatoms. The molecule has 4 fully saturated rings. The molecule has 1 N–H and O–H groups in total. The number of nitrogens with one attached hydrogen (secondary N) is 1. The number of rotatable bonds is 2. The molecule has 4 saturated carbocycles. The molecule has 2 nitrogen and oxygen atoms in total. The van der Waals surface area contributed by atoms with E-state index in [-0.39, 0.29) is 15.8 Å². The lowest BCUT2D eigenvalue weighted by Gasteiger charge is -2.59. The molecule has 24 heavy (non-hydrogen) atoms. The fraction of sp³-hybridized carbons (Fsp3) is 0.667. The molecule has 6 rings (SSSR count). The number of fused-ring (bicyclic) bond motifs is 1. The molecule has 0 radical (unpaired) electrons. The van der Waals surface area contributed by atoms with Gasteiger partial charge in [-0.25, -0.2) is 0 Å². The first-order valence-corrected chi connectivity index (χ1v) is 10.4. The van der Waals surface area contributed by atoms with Gasteiger partial charge in [-0.15, -0.1) is 0 Å². The van der Waals surface area contributed by atoms with Gasteiger partial charge in [-0.3, -0.25) is 4.79 Å². The second kappa shape index (κ2) is 5.33. The van der Waals surface area contributed by atoms with Gasteiger partial charge in [0.25, 0.3) is 0 Å². The van der Waals surface area contributed by atoms with Crippen molar-refractivity contribution in [1.82, 2.24) is 5.32 Å². The number of benzene rings is 1. The molecule has 0 saturated heterocycles. The highest BCUT2D eigenvalue weighted by molar-refractivity contribution is 9.10. The second-order valence-corrected chi connectivity index (χ2v) is 10.7. The Morgan fingerprint density at radius 2 is 1.88 bits per heavy atom. The normalized spacial score (nSPS) is 42.6. The Morgan fingerprint density at radius 1 is 1.12 bits per heavy atom. The third-order valence-corrected chi connectivity index (χ3v) is 8.07. The fourth-order valence-electron chi connectivity index (χ4n) is 6.63. The van der Waals surface area contributed by atoms with Gasteiger partial charge in [0, 0.05) is 4.32 Å². The monoisotopic (exact) mass is 387 g/mol. The molecule has 0 aliphatic heterocycles. The Balaban J connectivity index is 1.40. The number of hydrogen-bond acceptors (Lipinski definition) is 1. The third-order valence-electron chi connectivity index (χ3n) is 7.15. The molecule has 1 aromatic rings. The lowest BCUT2D eigenvalue weighted by atomic mass is 9.49. The minimum Gasteiger partial charge on any atom is -0.349 e. The highest BCUT2D eigenvalue weighted by Crippen LogP contribution is 2.64. The van der Waals surface area contributed by atoms with Crippen LogP contribution in [0.1, 0.15) is 68.5 Å². The molecule has 0 aromatic heterocycles. The molecule has 128 valence electrons. The molecular formula is C21H26BrNO. The van der Waals surface area contributed by atoms with Crippen LogP contribution in [-0.4, -0.2) is 10.2 Å². The highest BCUT2D eigenvalue weighted by atomic mass is 79.9. The number of amides is 1. The van der Waals surface area contributed by atoms with Crippen LogP contribution >= 0.6 is 15.9 Å². The summed E-state index contributed by atoms with van der Waals surface area (Å²) in [7, 11) is 0. The predicted molar refractivity (Wildman–Crippen MR) is 99.0 cm³/mol. The highest BCUT2D eigenvalue weighted by Gasteiger charge is 2.59. The van der Waals surface area contributed by atoms with Crippen LogP contribution in [0.25, 0.3) is 0 Å². The van der Waals surface area contributed by atoms with Crippen LogP contribution in [0.3, 0.4) is 0 Å². The summed E-state index contributed by atoms with van der Waals surface area (Å²) in [6.45, 7) is 0. The second-order valence-electron chi connectivity index (χ2n) is 9.01. The molecule has 5 atom stereocenters. The van der Waals surface area contributed by atoms with Crippen molar-refractivity contribution in [2.75, 3.05) is 0 Å². The van der Waals surface area contributed by atoms with Crippen LogP contribution in [0.5, 0.6) is 0 Å². The van der Waals surface area contributed by atoms with E-state index in [0.29, 0.717) is 5.91 Å². The van der Waals surface area contributed by atoms with Crippen LogP contribution in [0.15, 0.2) is 24.3 Å². The number of halogens is 1. The van der Waals surface area contributed by atoms with Crippen molar-refractivity contribution < 1.29 is 4.79 Å². The zero-order chi connectivity index (χ0) is 16.4. The Kier molecular flexibility index (Phi) is 3.43. The van der Waals surface area contributed by atoms with Crippen LogP contribution in [-0.2, 0) is 11.2 Å². The van der Waals surface area contributed by atoms with Crippen molar-refractivity contribution in [1.29, 1.82) is 0 Å². The van der Waals surface area contributed by atoms with E-state index in [9.17, 15) is 4.79 Å². The van der Waals surface area contributed by atoms with Crippen LogP contribution in [0.2, 0.25) is 0 Å². The summed E-state index contributed by atoms with van der Waals surface area (Å²) in [5.74, 6) is 1.87. The maximum Gasteiger partial charge on any atom is 0.226 e. The van der Waals surface area contributed by atoms with Gasteiger partial charge in [0.1, 0.15) is 0 Å². The van der Waals surface area contributed by atoms with Gasteiger partial charge in [-0.05, 0) is 80.8 Å². The van der Waals surface area contributed by atoms with Crippen LogP contribution in [0, 0.1) is 17.3 Å². The SMILES string of the molecule is O=C(N[C@H]1CCCc2ccccc21)C12C[C@@H]3C[C@@H](CC(Br)(C3)C1)C2. The van der Waals surface area contributed by atoms with Gasteiger partial charge < -0.3 is 5.32 Å². The average Bonchev–Trinajstić information content (AvgIpc) is 2.53. The maximum atomic E-state index is 13.4. The van der Waals surface area contributed by atoms with Crippen molar-refractivity contribution in [3.05, 3.63) is 35.4 Å². The zero-order valence-corrected chi connectivity index (χ0v) is 15.8. The Morgan fingerprint density at radius 3 is 2.62 bits per heavy atom. The number of carbonyl (C=O) groups excluding carboxylic acids is 1. The van der Waals surface area contributed by atoms with Crippen molar-refractivity contribution in [2.24, 2.45) is 17.3 Å². The lowest BCUT2D eigenvalue weighted by molar-refractivity contribution is -0.145. The van der Waals surface area contributed by atoms with E-state index in [2.05, 4.69) is 45.5 Å². The molecule has 1 aromatic carbocycles. The number of carbonyl (C=O) groups is 1. The minimum atomic E-state index is -0.0972. The van der Waals surface area contributed by atoms with Crippen molar-refractivity contribution in [3.63, 3.8) is 0 Å². The number of hydrogen-bond donors (Lipinski definition) is 1. The van der Waals surface area contributed by atoms with Gasteiger partial charge in [0.05, 0.1) is 11.5 Å². The third kappa shape index (κ3) is 2.38. The zero-order valence-electron chi connectivity index (χ0n) is 14.2. The fourth-order valence-corrected chi connectivity index (χ4v) is 8.08. The van der Waals surface area contributed by atoms with Gasteiger partial charge in [0.15, 0.2) is 0 Å². The molecule has 5 aliphatic rings. The maximum absolute atomic E-state index is 13.4. The van der Waals surface area contributed by atoms with Crippen molar-refractivity contribution in [2.45, 2.75) is 68.2 Å². The Labute approximate surface area is 152 Å². The molecule has 0 spiro atoms. The van der Waals surface area contributed by atoms with E-state index in [1.165, 1.54) is 36.8 Å². The summed E-state index contributed by atoms with van der Waals surface area (Å²) in [6.07, 6.45) is 10.6. The van der Waals surface area contributed by atoms with Crippen LogP contribution < -0.4 is 5.32 Å². The van der Waals surface area contributed by atoms with Crippen molar-refractivity contribution in [3.8, 4) is 0 Å². The summed E-state index contributed by atoms with van der Waals surface area (Å²) in [5.41, 5.74) is 2.69. The molecule has 2 unspecified atom stereocenters. The van der Waals surface area contributed by atoms with Crippen LogP contribution in [0.4, 0.5) is 0 Å². The number of aryl methyl sites for hydroxylation is 1. The average molecular weight is 388 g/mol. The van der Waals surface area contributed by atoms with Crippen molar-refractivity contribution >= 4 is 21.8 Å². The minimum absolute atomic E-state index is 0.0972. The van der Waals surface area contributed by atoms with E-state index < -0.39 is 0 Å². The summed E-state index contributed by atoms with van der Waals surface area (Å²) >= 11 is 4.03. The van der Waals surface area contributed by atoms with E-state index in [1.54, 1.807) is 0 Å². The van der Waals surface area contributed by atoms with Gasteiger partial charge in [0.2, 0.25) is 5.91 Å². The molecule has 0 heterocycles. The summed E-state index contributed by atoms with van der Waals surface area (Å²) in [6, 6.07) is 8.90. The van der Waals surface area contributed by atoms with E-state index >= 15 is 0 Å².